The lowest BCUT2D eigenvalue weighted by molar-refractivity contribution is 0.628. The molecule has 5 heteroatoms. The molecule has 0 radical (unpaired) electrons. The summed E-state index contributed by atoms with van der Waals surface area (Å²) in [6.45, 7) is 0.502. The summed E-state index contributed by atoms with van der Waals surface area (Å²) in [5.41, 5.74) is 1.46. The van der Waals surface area contributed by atoms with Crippen molar-refractivity contribution in [2.24, 2.45) is 0 Å². The molecule has 0 unspecified atom stereocenters. The van der Waals surface area contributed by atoms with Crippen LogP contribution in [0.3, 0.4) is 0 Å². The lowest BCUT2D eigenvalue weighted by Crippen LogP contribution is -2.01. The normalized spacial score (nSPS) is 10.1. The third-order valence-electron chi connectivity index (χ3n) is 1.98. The predicted molar refractivity (Wildman–Crippen MR) is 60.8 cm³/mol. The monoisotopic (exact) mass is 237 g/mol. The van der Waals surface area contributed by atoms with E-state index in [2.05, 4.69) is 15.3 Å². The molecule has 0 atom stereocenters. The number of halogens is 2. The van der Waals surface area contributed by atoms with Crippen LogP contribution in [0.2, 0.25) is 5.02 Å². The first-order valence-corrected chi connectivity index (χ1v) is 5.07. The van der Waals surface area contributed by atoms with E-state index in [4.69, 9.17) is 11.6 Å². The largest absolute Gasteiger partial charge is 0.379 e. The minimum absolute atomic E-state index is 0.363. The fraction of sp³-hybridized carbons (Fsp3) is 0.0909. The Morgan fingerprint density at radius 1 is 1.31 bits per heavy atom. The molecule has 0 bridgehead atoms. The van der Waals surface area contributed by atoms with Gasteiger partial charge in [0.2, 0.25) is 0 Å². The van der Waals surface area contributed by atoms with Crippen molar-refractivity contribution in [1.82, 2.24) is 9.97 Å². The minimum atomic E-state index is -0.363. The number of rotatable bonds is 3. The van der Waals surface area contributed by atoms with Crippen LogP contribution < -0.4 is 5.32 Å². The Labute approximate surface area is 97.3 Å². The number of nitrogens with zero attached hydrogens (tertiary/aromatic N) is 2. The van der Waals surface area contributed by atoms with Crippen LogP contribution >= 0.6 is 11.6 Å². The molecule has 0 saturated carbocycles. The first kappa shape index (κ1) is 10.8. The second-order valence-electron chi connectivity index (χ2n) is 3.21. The van der Waals surface area contributed by atoms with Crippen molar-refractivity contribution in [2.75, 3.05) is 5.32 Å². The molecule has 0 saturated heterocycles. The first-order chi connectivity index (χ1) is 7.74. The van der Waals surface area contributed by atoms with Gasteiger partial charge >= 0.3 is 0 Å². The second-order valence-corrected chi connectivity index (χ2v) is 3.65. The zero-order valence-electron chi connectivity index (χ0n) is 8.32. The molecule has 0 spiro atoms. The van der Waals surface area contributed by atoms with Gasteiger partial charge in [-0.1, -0.05) is 11.6 Å². The van der Waals surface area contributed by atoms with E-state index >= 15 is 0 Å². The average molecular weight is 238 g/mol. The highest BCUT2D eigenvalue weighted by atomic mass is 35.5. The summed E-state index contributed by atoms with van der Waals surface area (Å²) in [6, 6.07) is 6.09. The Bertz CT molecular complexity index is 456. The molecule has 0 aliphatic heterocycles. The minimum Gasteiger partial charge on any atom is -0.379 e. The summed E-state index contributed by atoms with van der Waals surface area (Å²) in [6.07, 6.45) is 3.12. The van der Waals surface area contributed by atoms with Crippen molar-refractivity contribution in [3.8, 4) is 0 Å². The van der Waals surface area contributed by atoms with Crippen molar-refractivity contribution < 1.29 is 4.39 Å². The molecule has 0 fully saturated rings. The molecule has 2 aromatic rings. The van der Waals surface area contributed by atoms with Gasteiger partial charge in [-0.15, -0.1) is 0 Å². The summed E-state index contributed by atoms with van der Waals surface area (Å²) < 4.78 is 13.0. The molecule has 82 valence electrons. The number of nitrogens with one attached hydrogen (secondary N) is 1. The van der Waals surface area contributed by atoms with E-state index in [9.17, 15) is 4.39 Å². The van der Waals surface area contributed by atoms with Crippen LogP contribution in [-0.4, -0.2) is 9.97 Å². The topological polar surface area (TPSA) is 37.8 Å². The Kier molecular flexibility index (Phi) is 3.31. The van der Waals surface area contributed by atoms with Crippen LogP contribution in [-0.2, 0) is 6.54 Å². The summed E-state index contributed by atoms with van der Waals surface area (Å²) in [5, 5.41) is 3.39. The van der Waals surface area contributed by atoms with E-state index in [0.717, 1.165) is 5.69 Å². The van der Waals surface area contributed by atoms with Gasteiger partial charge in [0.05, 0.1) is 12.2 Å². The van der Waals surface area contributed by atoms with Crippen molar-refractivity contribution in [3.63, 3.8) is 0 Å². The number of hydrogen-bond acceptors (Lipinski definition) is 3. The molecule has 0 amide bonds. The zero-order chi connectivity index (χ0) is 11.4. The van der Waals surface area contributed by atoms with Crippen molar-refractivity contribution in [3.05, 3.63) is 53.3 Å². The molecule has 0 aliphatic carbocycles. The molecule has 1 N–H and O–H groups in total. The Morgan fingerprint density at radius 2 is 2.19 bits per heavy atom. The van der Waals surface area contributed by atoms with Crippen molar-refractivity contribution in [1.29, 1.82) is 0 Å². The van der Waals surface area contributed by atoms with Gasteiger partial charge in [0.25, 0.3) is 0 Å². The smallest absolute Gasteiger partial charge is 0.126 e. The maximum atomic E-state index is 13.0. The summed E-state index contributed by atoms with van der Waals surface area (Å²) in [5.74, 6) is -0.363. The highest BCUT2D eigenvalue weighted by Gasteiger charge is 1.99. The number of anilines is 1. The highest BCUT2D eigenvalue weighted by Crippen LogP contribution is 2.18. The maximum Gasteiger partial charge on any atom is 0.126 e. The second kappa shape index (κ2) is 4.90. The molecule has 1 aromatic carbocycles. The quantitative estimate of drug-likeness (QED) is 0.892. The number of aromatic nitrogens is 2. The highest BCUT2D eigenvalue weighted by molar-refractivity contribution is 6.30. The van der Waals surface area contributed by atoms with Gasteiger partial charge in [-0.25, -0.2) is 14.4 Å². The van der Waals surface area contributed by atoms with E-state index < -0.39 is 0 Å². The molecule has 2 rings (SSSR count). The SMILES string of the molecule is Fc1cc(Cl)cc(NCc2ccncn2)c1. The van der Waals surface area contributed by atoms with Gasteiger partial charge in [0.1, 0.15) is 12.1 Å². The van der Waals surface area contributed by atoms with Gasteiger partial charge in [-0.2, -0.15) is 0 Å². The van der Waals surface area contributed by atoms with E-state index in [0.29, 0.717) is 17.3 Å². The third-order valence-corrected chi connectivity index (χ3v) is 2.20. The lowest BCUT2D eigenvalue weighted by atomic mass is 10.3. The molecular formula is C11H9ClFN3. The molecule has 16 heavy (non-hydrogen) atoms. The molecule has 3 nitrogen and oxygen atoms in total. The van der Waals surface area contributed by atoms with Crippen LogP contribution in [0.4, 0.5) is 10.1 Å². The van der Waals surface area contributed by atoms with Crippen LogP contribution in [0.15, 0.2) is 36.8 Å². The third kappa shape index (κ3) is 2.90. The lowest BCUT2D eigenvalue weighted by Gasteiger charge is -2.06. The Balaban J connectivity index is 2.05. The van der Waals surface area contributed by atoms with Gasteiger partial charge < -0.3 is 5.32 Å². The summed E-state index contributed by atoms with van der Waals surface area (Å²) in [7, 11) is 0. The van der Waals surface area contributed by atoms with E-state index in [1.807, 2.05) is 0 Å². The fourth-order valence-corrected chi connectivity index (χ4v) is 1.49. The van der Waals surface area contributed by atoms with Crippen molar-refractivity contribution in [2.45, 2.75) is 6.54 Å². The first-order valence-electron chi connectivity index (χ1n) is 4.69. The molecular weight excluding hydrogens is 229 g/mol. The predicted octanol–water partition coefficient (Wildman–Crippen LogP) is 2.88. The van der Waals surface area contributed by atoms with Crippen LogP contribution in [0.5, 0.6) is 0 Å². The number of hydrogen-bond donors (Lipinski definition) is 1. The van der Waals surface area contributed by atoms with Gasteiger partial charge in [0.15, 0.2) is 0 Å². The summed E-state index contributed by atoms with van der Waals surface area (Å²) >= 11 is 5.73. The van der Waals surface area contributed by atoms with Crippen LogP contribution in [0.1, 0.15) is 5.69 Å². The van der Waals surface area contributed by atoms with Crippen LogP contribution in [0, 0.1) is 5.82 Å². The van der Waals surface area contributed by atoms with E-state index in [1.54, 1.807) is 18.3 Å². The standard InChI is InChI=1S/C11H9ClFN3/c12-8-3-9(13)5-11(4-8)15-6-10-1-2-14-7-16-10/h1-5,7,15H,6H2. The summed E-state index contributed by atoms with van der Waals surface area (Å²) in [4.78, 5) is 7.85. The van der Waals surface area contributed by atoms with E-state index in [-0.39, 0.29) is 5.82 Å². The maximum absolute atomic E-state index is 13.0. The van der Waals surface area contributed by atoms with Gasteiger partial charge in [-0.05, 0) is 24.3 Å². The average Bonchev–Trinajstić information content (AvgIpc) is 2.27. The van der Waals surface area contributed by atoms with Gasteiger partial charge in [-0.3, -0.25) is 0 Å². The van der Waals surface area contributed by atoms with E-state index in [1.165, 1.54) is 18.5 Å². The molecule has 1 aromatic heterocycles. The molecule has 1 heterocycles. The number of benzene rings is 1. The Morgan fingerprint density at radius 3 is 2.88 bits per heavy atom. The Hall–Kier alpha value is -1.68. The van der Waals surface area contributed by atoms with Gasteiger partial charge in [0, 0.05) is 16.9 Å². The zero-order valence-corrected chi connectivity index (χ0v) is 9.08. The van der Waals surface area contributed by atoms with Crippen LogP contribution in [0.25, 0.3) is 0 Å². The molecule has 0 aliphatic rings. The fourth-order valence-electron chi connectivity index (χ4n) is 1.27. The van der Waals surface area contributed by atoms with Crippen molar-refractivity contribution >= 4 is 17.3 Å².